The molecule has 1 fully saturated rings. The van der Waals surface area contributed by atoms with E-state index in [4.69, 9.17) is 0 Å². The summed E-state index contributed by atoms with van der Waals surface area (Å²) in [5, 5.41) is 8.18. The Morgan fingerprint density at radius 2 is 1.62 bits per heavy atom. The van der Waals surface area contributed by atoms with Crippen molar-refractivity contribution in [3.63, 3.8) is 0 Å². The van der Waals surface area contributed by atoms with E-state index in [-0.39, 0.29) is 0 Å². The number of imidazole rings is 1. The Morgan fingerprint density at radius 3 is 2.15 bits per heavy atom. The Hall–Kier alpha value is -2.67. The Labute approximate surface area is 205 Å². The van der Waals surface area contributed by atoms with Crippen LogP contribution in [0.5, 0.6) is 0 Å². The minimum absolute atomic E-state index is 0.334. The molecule has 1 saturated heterocycles. The van der Waals surface area contributed by atoms with E-state index in [1.165, 1.54) is 12.8 Å². The Kier molecular flexibility index (Phi) is 9.06. The largest absolute Gasteiger partial charge is 0.307 e. The van der Waals surface area contributed by atoms with Crippen molar-refractivity contribution in [2.24, 2.45) is 10.9 Å². The Bertz CT molecular complexity index is 1110. The van der Waals surface area contributed by atoms with Crippen molar-refractivity contribution in [2.75, 3.05) is 0 Å². The van der Waals surface area contributed by atoms with Crippen LogP contribution in [0.3, 0.4) is 0 Å². The number of nitrogens with one attached hydrogen (secondary N) is 1. The van der Waals surface area contributed by atoms with Crippen molar-refractivity contribution in [3.8, 4) is 11.4 Å². The Morgan fingerprint density at radius 1 is 1.00 bits per heavy atom. The molecule has 1 aliphatic rings. The van der Waals surface area contributed by atoms with Gasteiger partial charge in [0.15, 0.2) is 11.5 Å². The summed E-state index contributed by atoms with van der Waals surface area (Å²) in [7, 11) is 0. The molecule has 1 N–H and O–H groups in total. The van der Waals surface area contributed by atoms with Gasteiger partial charge in [0.05, 0.1) is 23.8 Å². The lowest BCUT2D eigenvalue weighted by molar-refractivity contribution is 0.138. The average Bonchev–Trinajstić information content (AvgIpc) is 3.07. The molecule has 0 bridgehead atoms. The normalized spacial score (nSPS) is 16.7. The summed E-state index contributed by atoms with van der Waals surface area (Å²) in [6.07, 6.45) is 6.19. The summed E-state index contributed by atoms with van der Waals surface area (Å²) in [6.45, 7) is 23.3. The molecule has 0 saturated carbocycles. The van der Waals surface area contributed by atoms with Crippen molar-refractivity contribution in [1.29, 1.82) is 0 Å². The molecule has 3 aromatic rings. The van der Waals surface area contributed by atoms with E-state index in [0.29, 0.717) is 16.9 Å². The molecule has 0 aromatic carbocycles. The summed E-state index contributed by atoms with van der Waals surface area (Å²) in [5.74, 6) is 1.51. The molecule has 4 rings (SSSR count). The quantitative estimate of drug-likeness (QED) is 0.437. The van der Waals surface area contributed by atoms with Gasteiger partial charge in [-0.2, -0.15) is 5.10 Å². The zero-order chi connectivity index (χ0) is 25.7. The van der Waals surface area contributed by atoms with Crippen LogP contribution in [-0.2, 0) is 0 Å². The predicted molar refractivity (Wildman–Crippen MR) is 143 cm³/mol. The maximum absolute atomic E-state index is 4.54. The molecule has 7 heteroatoms. The molecule has 0 radical (unpaired) electrons. The number of aliphatic imine (C=N–C) groups is 1. The monoisotopic (exact) mass is 465 g/mol. The first-order chi connectivity index (χ1) is 15.8. The highest BCUT2D eigenvalue weighted by atomic mass is 15.3. The number of aromatic nitrogens is 5. The fourth-order valence-electron chi connectivity index (χ4n) is 4.89. The lowest BCUT2D eigenvalue weighted by atomic mass is 9.77. The first-order valence-corrected chi connectivity index (χ1v) is 12.3. The van der Waals surface area contributed by atoms with E-state index >= 15 is 0 Å². The second-order valence-electron chi connectivity index (χ2n) is 10.5. The molecular weight excluding hydrogens is 422 g/mol. The van der Waals surface area contributed by atoms with Crippen molar-refractivity contribution >= 4 is 17.2 Å². The summed E-state index contributed by atoms with van der Waals surface area (Å²) in [4.78, 5) is 17.6. The van der Waals surface area contributed by atoms with Gasteiger partial charge < -0.3 is 5.32 Å². The van der Waals surface area contributed by atoms with Crippen LogP contribution in [0.25, 0.3) is 17.0 Å². The molecule has 0 spiro atoms. The first-order valence-electron chi connectivity index (χ1n) is 12.3. The lowest BCUT2D eigenvalue weighted by Crippen LogP contribution is -2.57. The van der Waals surface area contributed by atoms with Gasteiger partial charge in [-0.3, -0.25) is 0 Å². The van der Waals surface area contributed by atoms with Gasteiger partial charge in [0.1, 0.15) is 11.4 Å². The number of fused-ring (bicyclic) bond motifs is 1. The van der Waals surface area contributed by atoms with Crippen molar-refractivity contribution in [3.05, 3.63) is 35.9 Å². The van der Waals surface area contributed by atoms with Crippen LogP contribution in [0, 0.1) is 19.8 Å². The fraction of sp³-hybridized carbons (Fsp3) is 0.593. The Balaban J connectivity index is 0.000000266. The van der Waals surface area contributed by atoms with E-state index in [1.54, 1.807) is 10.7 Å². The van der Waals surface area contributed by atoms with Crippen LogP contribution in [0.1, 0.15) is 86.5 Å². The maximum Gasteiger partial charge on any atom is 0.173 e. The average molecular weight is 466 g/mol. The standard InChI is InChI=1S/C15H16N6.C10H21N.C2H6/c1-9(2)17-15-11(4)19-13(7-16-15)12-5-6-14-18-10(3)8-21(14)20-12;1-8-6-9(2,3)11-10(4,5)7-8;1-2/h5-8H,1-4H3;8,11H,6-7H2,1-5H3;1-2H3. The predicted octanol–water partition coefficient (Wildman–Crippen LogP) is 6.50. The highest BCUT2D eigenvalue weighted by Gasteiger charge is 2.35. The third kappa shape index (κ3) is 7.69. The molecule has 0 atom stereocenters. The molecule has 186 valence electrons. The second-order valence-corrected chi connectivity index (χ2v) is 10.5. The number of hydrogen-bond donors (Lipinski definition) is 1. The van der Waals surface area contributed by atoms with Crippen molar-refractivity contribution in [1.82, 2.24) is 29.9 Å². The third-order valence-corrected chi connectivity index (χ3v) is 5.35. The number of rotatable bonds is 2. The van der Waals surface area contributed by atoms with Crippen LogP contribution >= 0.6 is 0 Å². The second kappa shape index (κ2) is 11.2. The molecule has 1 aliphatic heterocycles. The van der Waals surface area contributed by atoms with Gasteiger partial charge in [-0.25, -0.2) is 24.5 Å². The first kappa shape index (κ1) is 27.6. The number of aryl methyl sites for hydroxylation is 2. The minimum atomic E-state index is 0.334. The molecule has 7 nitrogen and oxygen atoms in total. The van der Waals surface area contributed by atoms with E-state index < -0.39 is 0 Å². The SMILES string of the molecule is CC.CC(C)=Nc1ncc(-c2ccc3nc(C)cn3n2)nc1C.CC1CC(C)(C)NC(C)(C)C1. The van der Waals surface area contributed by atoms with E-state index in [1.807, 2.05) is 59.9 Å². The van der Waals surface area contributed by atoms with E-state index in [9.17, 15) is 0 Å². The van der Waals surface area contributed by atoms with Crippen LogP contribution in [-0.4, -0.2) is 41.4 Å². The summed E-state index contributed by atoms with van der Waals surface area (Å²) in [6, 6.07) is 3.83. The molecular formula is C27H43N7. The highest BCUT2D eigenvalue weighted by Crippen LogP contribution is 2.32. The van der Waals surface area contributed by atoms with Crippen LogP contribution in [0.4, 0.5) is 5.82 Å². The van der Waals surface area contributed by atoms with E-state index in [2.05, 4.69) is 65.0 Å². The van der Waals surface area contributed by atoms with Gasteiger partial charge in [-0.05, 0) is 86.3 Å². The van der Waals surface area contributed by atoms with Crippen LogP contribution in [0.15, 0.2) is 29.5 Å². The lowest BCUT2D eigenvalue weighted by Gasteiger charge is -2.45. The third-order valence-electron chi connectivity index (χ3n) is 5.35. The van der Waals surface area contributed by atoms with Gasteiger partial charge in [0, 0.05) is 16.8 Å². The number of hydrogen-bond acceptors (Lipinski definition) is 6. The topological polar surface area (TPSA) is 80.4 Å². The molecule has 4 heterocycles. The van der Waals surface area contributed by atoms with Crippen molar-refractivity contribution < 1.29 is 0 Å². The van der Waals surface area contributed by atoms with Gasteiger partial charge in [-0.15, -0.1) is 0 Å². The molecule has 0 unspecified atom stereocenters. The smallest absolute Gasteiger partial charge is 0.173 e. The number of nitrogens with zero attached hydrogens (tertiary/aromatic N) is 6. The zero-order valence-corrected chi connectivity index (χ0v) is 23.0. The van der Waals surface area contributed by atoms with Crippen molar-refractivity contribution in [2.45, 2.75) is 100 Å². The molecule has 0 aliphatic carbocycles. The zero-order valence-electron chi connectivity index (χ0n) is 23.0. The van der Waals surface area contributed by atoms with Gasteiger partial charge in [-0.1, -0.05) is 20.8 Å². The van der Waals surface area contributed by atoms with Crippen LogP contribution in [0.2, 0.25) is 0 Å². The van der Waals surface area contributed by atoms with Crippen LogP contribution < -0.4 is 5.32 Å². The fourth-order valence-corrected chi connectivity index (χ4v) is 4.89. The molecule has 3 aromatic heterocycles. The van der Waals surface area contributed by atoms with Gasteiger partial charge in [0.2, 0.25) is 0 Å². The van der Waals surface area contributed by atoms with E-state index in [0.717, 1.165) is 40.1 Å². The molecule has 0 amide bonds. The summed E-state index contributed by atoms with van der Waals surface area (Å²) < 4.78 is 1.75. The summed E-state index contributed by atoms with van der Waals surface area (Å²) >= 11 is 0. The molecule has 34 heavy (non-hydrogen) atoms. The maximum atomic E-state index is 4.54. The number of piperidine rings is 1. The highest BCUT2D eigenvalue weighted by molar-refractivity contribution is 5.81. The summed E-state index contributed by atoms with van der Waals surface area (Å²) in [5.41, 5.74) is 5.66. The van der Waals surface area contributed by atoms with Gasteiger partial charge in [0.25, 0.3) is 0 Å². The minimum Gasteiger partial charge on any atom is -0.307 e. The van der Waals surface area contributed by atoms with Gasteiger partial charge >= 0.3 is 0 Å².